The maximum Gasteiger partial charge on any atom is 0.275 e. The summed E-state index contributed by atoms with van der Waals surface area (Å²) in [7, 11) is 0. The number of aromatic nitrogens is 2. The van der Waals surface area contributed by atoms with Crippen LogP contribution in [0.15, 0.2) is 23.4 Å². The summed E-state index contributed by atoms with van der Waals surface area (Å²) in [5, 5.41) is 23.5. The van der Waals surface area contributed by atoms with Crippen molar-refractivity contribution in [1.82, 2.24) is 14.1 Å². The molecule has 4 N–H and O–H groups in total. The van der Waals surface area contributed by atoms with E-state index in [1.165, 1.54) is 12.8 Å². The van der Waals surface area contributed by atoms with Crippen molar-refractivity contribution >= 4 is 28.9 Å². The van der Waals surface area contributed by atoms with Crippen molar-refractivity contribution in [3.05, 3.63) is 29.8 Å². The first-order valence-corrected chi connectivity index (χ1v) is 9.92. The molecule has 1 fully saturated rings. The van der Waals surface area contributed by atoms with Gasteiger partial charge in [-0.25, -0.2) is 13.8 Å². The topological polar surface area (TPSA) is 97.3 Å². The average Bonchev–Trinajstić information content (AvgIpc) is 3.24. The van der Waals surface area contributed by atoms with Crippen molar-refractivity contribution in [2.45, 2.75) is 70.9 Å². The van der Waals surface area contributed by atoms with E-state index >= 15 is 0 Å². The quantitative estimate of drug-likeness (QED) is 0.408. The molecule has 0 bridgehead atoms. The number of halogens is 2. The van der Waals surface area contributed by atoms with Crippen molar-refractivity contribution in [2.24, 2.45) is 0 Å². The number of nitrogens with one attached hydrogen (secondary N) is 3. The molecule has 0 saturated heterocycles. The van der Waals surface area contributed by atoms with Gasteiger partial charge in [-0.2, -0.15) is 0 Å². The van der Waals surface area contributed by atoms with Crippen LogP contribution in [0, 0.1) is 10.8 Å². The van der Waals surface area contributed by atoms with E-state index in [9.17, 15) is 13.9 Å². The standard InChI is InChI=1S/C14H18N4OS.C3H5F2N.C2H6/c1-9(15)13-16-6-12-10(8-19)5-11(7-18(12)13)20-17-14(2)3-4-14;1-2(6)3(4)5;1-2/h5-7,15,17,19H,3-4,8H2,1-2H3;3,6H,1H3;1-2H3. The molecule has 28 heavy (non-hydrogen) atoms. The largest absolute Gasteiger partial charge is 0.392 e. The first kappa shape index (κ1) is 24.2. The van der Waals surface area contributed by atoms with Crippen LogP contribution in [0.4, 0.5) is 8.78 Å². The molecule has 0 amide bonds. The van der Waals surface area contributed by atoms with Gasteiger partial charge in [0.2, 0.25) is 0 Å². The second kappa shape index (κ2) is 10.6. The van der Waals surface area contributed by atoms with Crippen LogP contribution in [0.3, 0.4) is 0 Å². The number of alkyl halides is 2. The number of aliphatic hydroxyl groups is 1. The minimum Gasteiger partial charge on any atom is -0.392 e. The molecule has 1 aliphatic rings. The number of hydrogen-bond donors (Lipinski definition) is 4. The minimum absolute atomic E-state index is 0.0304. The Labute approximate surface area is 168 Å². The fourth-order valence-electron chi connectivity index (χ4n) is 2.07. The maximum atomic E-state index is 10.9. The number of fused-ring (bicyclic) bond motifs is 1. The maximum absolute atomic E-state index is 10.9. The van der Waals surface area contributed by atoms with Crippen LogP contribution in [-0.4, -0.2) is 37.9 Å². The number of rotatable bonds is 6. The molecule has 1 saturated carbocycles. The smallest absolute Gasteiger partial charge is 0.275 e. The lowest BCUT2D eigenvalue weighted by Crippen LogP contribution is -2.20. The van der Waals surface area contributed by atoms with Crippen LogP contribution in [-0.2, 0) is 6.61 Å². The first-order valence-electron chi connectivity index (χ1n) is 9.10. The van der Waals surface area contributed by atoms with Gasteiger partial charge in [-0.1, -0.05) is 13.8 Å². The predicted octanol–water partition coefficient (Wildman–Crippen LogP) is 4.68. The number of hydrogen-bond acceptors (Lipinski definition) is 6. The van der Waals surface area contributed by atoms with Gasteiger partial charge in [0.25, 0.3) is 6.43 Å². The summed E-state index contributed by atoms with van der Waals surface area (Å²) in [6.07, 6.45) is 3.52. The molecule has 1 aliphatic carbocycles. The van der Waals surface area contributed by atoms with Gasteiger partial charge in [0.15, 0.2) is 5.82 Å². The molecule has 3 rings (SSSR count). The molecule has 0 spiro atoms. The molecule has 0 aromatic carbocycles. The van der Waals surface area contributed by atoms with Crippen LogP contribution in [0.1, 0.15) is 58.8 Å². The molecule has 156 valence electrons. The van der Waals surface area contributed by atoms with Crippen LogP contribution < -0.4 is 4.72 Å². The van der Waals surface area contributed by atoms with Gasteiger partial charge in [0.1, 0.15) is 0 Å². The highest BCUT2D eigenvalue weighted by Gasteiger charge is 2.37. The number of nitrogens with zero attached hydrogens (tertiary/aromatic N) is 2. The van der Waals surface area contributed by atoms with E-state index in [-0.39, 0.29) is 12.1 Å². The number of aliphatic hydroxyl groups excluding tert-OH is 1. The van der Waals surface area contributed by atoms with Gasteiger partial charge in [-0.3, -0.25) is 9.12 Å². The van der Waals surface area contributed by atoms with Crippen molar-refractivity contribution in [3.8, 4) is 0 Å². The normalized spacial score (nSPS) is 14.0. The Morgan fingerprint density at radius 2 is 1.93 bits per heavy atom. The predicted molar refractivity (Wildman–Crippen MR) is 111 cm³/mol. The Kier molecular flexibility index (Phi) is 9.19. The number of pyridine rings is 1. The molecular weight excluding hydrogens is 384 g/mol. The SMILES string of the molecule is CC.CC(=N)C(F)F.CC(=N)c1ncc2c(CO)cc(SNC3(C)CC3)cn12. The van der Waals surface area contributed by atoms with E-state index in [0.717, 1.165) is 22.9 Å². The third-order valence-electron chi connectivity index (χ3n) is 3.95. The second-order valence-electron chi connectivity index (χ2n) is 6.57. The van der Waals surface area contributed by atoms with Crippen molar-refractivity contribution in [2.75, 3.05) is 0 Å². The van der Waals surface area contributed by atoms with Crippen LogP contribution >= 0.6 is 11.9 Å². The third kappa shape index (κ3) is 6.65. The van der Waals surface area contributed by atoms with Crippen LogP contribution in [0.5, 0.6) is 0 Å². The van der Waals surface area contributed by atoms with Crippen molar-refractivity contribution in [3.63, 3.8) is 0 Å². The Morgan fingerprint density at radius 3 is 2.36 bits per heavy atom. The minimum atomic E-state index is -2.56. The van der Waals surface area contributed by atoms with E-state index in [2.05, 4.69) is 16.6 Å². The molecule has 2 aromatic heterocycles. The van der Waals surface area contributed by atoms with Gasteiger partial charge in [-0.15, -0.1) is 0 Å². The van der Waals surface area contributed by atoms with E-state index in [1.54, 1.807) is 25.1 Å². The summed E-state index contributed by atoms with van der Waals surface area (Å²) in [6, 6.07) is 1.98. The van der Waals surface area contributed by atoms with Gasteiger partial charge in [-0.05, 0) is 51.6 Å². The molecule has 0 unspecified atom stereocenters. The molecule has 0 radical (unpaired) electrons. The molecule has 9 heteroatoms. The van der Waals surface area contributed by atoms with E-state index in [0.29, 0.717) is 11.5 Å². The van der Waals surface area contributed by atoms with Crippen LogP contribution in [0.25, 0.3) is 5.52 Å². The summed E-state index contributed by atoms with van der Waals surface area (Å²) in [5.74, 6) is 0.620. The summed E-state index contributed by atoms with van der Waals surface area (Å²) in [5.41, 5.74) is 1.77. The molecule has 0 aliphatic heterocycles. The summed E-state index contributed by atoms with van der Waals surface area (Å²) >= 11 is 1.58. The zero-order valence-corrected chi connectivity index (χ0v) is 17.8. The molecule has 0 atom stereocenters. The van der Waals surface area contributed by atoms with Crippen molar-refractivity contribution in [1.29, 1.82) is 10.8 Å². The molecule has 2 aromatic rings. The fourth-order valence-corrected chi connectivity index (χ4v) is 3.00. The molecular formula is C19H29F2N5OS. The Morgan fingerprint density at radius 1 is 1.36 bits per heavy atom. The Hall–Kier alpha value is -1.84. The van der Waals surface area contributed by atoms with Gasteiger partial charge >= 0.3 is 0 Å². The average molecular weight is 414 g/mol. The summed E-state index contributed by atoms with van der Waals surface area (Å²) in [4.78, 5) is 5.29. The lowest BCUT2D eigenvalue weighted by Gasteiger charge is -2.12. The zero-order chi connectivity index (χ0) is 21.5. The highest BCUT2D eigenvalue weighted by molar-refractivity contribution is 7.97. The lowest BCUT2D eigenvalue weighted by molar-refractivity contribution is 0.224. The molecule has 2 heterocycles. The third-order valence-corrected chi connectivity index (χ3v) is 5.00. The van der Waals surface area contributed by atoms with E-state index in [1.807, 2.05) is 30.5 Å². The van der Waals surface area contributed by atoms with Gasteiger partial charge in [0, 0.05) is 22.2 Å². The number of imidazole rings is 1. The van der Waals surface area contributed by atoms with Gasteiger partial charge < -0.3 is 15.9 Å². The lowest BCUT2D eigenvalue weighted by atomic mass is 10.2. The Balaban J connectivity index is 0.000000422. The highest BCUT2D eigenvalue weighted by Crippen LogP contribution is 2.37. The highest BCUT2D eigenvalue weighted by atomic mass is 32.2. The van der Waals surface area contributed by atoms with E-state index in [4.69, 9.17) is 10.8 Å². The zero-order valence-electron chi connectivity index (χ0n) is 16.9. The molecule has 6 nitrogen and oxygen atoms in total. The Bertz CT molecular complexity index is 818. The summed E-state index contributed by atoms with van der Waals surface area (Å²) < 4.78 is 27.2. The van der Waals surface area contributed by atoms with Gasteiger partial charge in [0.05, 0.1) is 29.7 Å². The first-order chi connectivity index (χ1) is 13.2. The second-order valence-corrected chi connectivity index (χ2v) is 7.45. The van der Waals surface area contributed by atoms with Crippen LogP contribution in [0.2, 0.25) is 0 Å². The summed E-state index contributed by atoms with van der Waals surface area (Å²) in [6.45, 7) is 8.97. The van der Waals surface area contributed by atoms with Crippen molar-refractivity contribution < 1.29 is 13.9 Å². The van der Waals surface area contributed by atoms with E-state index < -0.39 is 12.1 Å². The fraction of sp³-hybridized carbons (Fsp3) is 0.526. The monoisotopic (exact) mass is 413 g/mol.